The van der Waals surface area contributed by atoms with Crippen molar-refractivity contribution in [2.45, 2.75) is 45.6 Å². The molecule has 4 nitrogen and oxygen atoms in total. The van der Waals surface area contributed by atoms with Crippen molar-refractivity contribution in [3.63, 3.8) is 0 Å². The molecule has 0 unspecified atom stereocenters. The van der Waals surface area contributed by atoms with Gasteiger partial charge in [0.05, 0.1) is 19.3 Å². The van der Waals surface area contributed by atoms with Crippen LogP contribution in [-0.2, 0) is 13.0 Å². The van der Waals surface area contributed by atoms with Crippen molar-refractivity contribution >= 4 is 0 Å². The van der Waals surface area contributed by atoms with Crippen molar-refractivity contribution in [2.24, 2.45) is 0 Å². The first-order valence-corrected chi connectivity index (χ1v) is 7.33. The van der Waals surface area contributed by atoms with Crippen LogP contribution in [0.1, 0.15) is 43.9 Å². The molecule has 0 bridgehead atoms. The molecule has 0 amide bonds. The zero-order valence-electron chi connectivity index (χ0n) is 12.4. The van der Waals surface area contributed by atoms with Crippen molar-refractivity contribution in [3.05, 3.63) is 41.7 Å². The number of ether oxygens (including phenoxy) is 1. The molecule has 1 aromatic heterocycles. The van der Waals surface area contributed by atoms with Crippen LogP contribution in [0, 0.1) is 0 Å². The molecule has 0 saturated heterocycles. The summed E-state index contributed by atoms with van der Waals surface area (Å²) in [4.78, 5) is 0. The number of methoxy groups -OCH3 is 1. The molecule has 0 aliphatic rings. The Bertz CT molecular complexity index is 522. The van der Waals surface area contributed by atoms with Crippen molar-refractivity contribution in [1.82, 2.24) is 15.0 Å². The molecule has 0 atom stereocenters. The molecule has 0 N–H and O–H groups in total. The van der Waals surface area contributed by atoms with Gasteiger partial charge in [0.15, 0.2) is 0 Å². The standard InChI is InChI=1S/C16H23N3O/c1-3-4-5-6-9-15-13-19(18-17-15)12-14-8-7-10-16(11-14)20-2/h7-8,10-11,13H,3-6,9,12H2,1-2H3. The largest absolute Gasteiger partial charge is 0.497 e. The van der Waals surface area contributed by atoms with Gasteiger partial charge in [-0.3, -0.25) is 0 Å². The molecule has 1 aromatic carbocycles. The van der Waals surface area contributed by atoms with E-state index in [9.17, 15) is 0 Å². The van der Waals surface area contributed by atoms with Crippen molar-refractivity contribution in [2.75, 3.05) is 7.11 Å². The summed E-state index contributed by atoms with van der Waals surface area (Å²) in [5, 5.41) is 8.43. The number of nitrogens with zero attached hydrogens (tertiary/aromatic N) is 3. The van der Waals surface area contributed by atoms with E-state index in [0.29, 0.717) is 0 Å². The van der Waals surface area contributed by atoms with Crippen LogP contribution in [0.25, 0.3) is 0 Å². The van der Waals surface area contributed by atoms with E-state index in [1.807, 2.05) is 29.1 Å². The van der Waals surface area contributed by atoms with Crippen molar-refractivity contribution < 1.29 is 4.74 Å². The second-order valence-corrected chi connectivity index (χ2v) is 5.07. The van der Waals surface area contributed by atoms with E-state index >= 15 is 0 Å². The van der Waals surface area contributed by atoms with Crippen LogP contribution in [0.4, 0.5) is 0 Å². The smallest absolute Gasteiger partial charge is 0.119 e. The number of aromatic nitrogens is 3. The number of hydrogen-bond acceptors (Lipinski definition) is 3. The summed E-state index contributed by atoms with van der Waals surface area (Å²) >= 11 is 0. The van der Waals surface area contributed by atoms with E-state index in [2.05, 4.69) is 23.3 Å². The minimum atomic E-state index is 0.735. The number of hydrogen-bond donors (Lipinski definition) is 0. The Hall–Kier alpha value is -1.84. The SMILES string of the molecule is CCCCCCc1cn(Cc2cccc(OC)c2)nn1. The van der Waals surface area contributed by atoms with Gasteiger partial charge in [0.25, 0.3) is 0 Å². The molecule has 0 aliphatic carbocycles. The van der Waals surface area contributed by atoms with Gasteiger partial charge in [-0.05, 0) is 30.5 Å². The third-order valence-electron chi connectivity index (χ3n) is 3.35. The second kappa shape index (κ2) is 7.68. The zero-order chi connectivity index (χ0) is 14.2. The molecule has 2 rings (SSSR count). The molecule has 0 radical (unpaired) electrons. The van der Waals surface area contributed by atoms with E-state index in [4.69, 9.17) is 4.74 Å². The summed E-state index contributed by atoms with van der Waals surface area (Å²) in [5.74, 6) is 0.877. The van der Waals surface area contributed by atoms with Gasteiger partial charge in [-0.1, -0.05) is 43.5 Å². The third-order valence-corrected chi connectivity index (χ3v) is 3.35. The van der Waals surface area contributed by atoms with E-state index in [-0.39, 0.29) is 0 Å². The first-order chi connectivity index (χ1) is 9.81. The van der Waals surface area contributed by atoms with Crippen LogP contribution in [0.5, 0.6) is 5.75 Å². The van der Waals surface area contributed by atoms with Gasteiger partial charge in [0.2, 0.25) is 0 Å². The molecular formula is C16H23N3O. The van der Waals surface area contributed by atoms with Crippen LogP contribution in [0.15, 0.2) is 30.5 Å². The summed E-state index contributed by atoms with van der Waals surface area (Å²) in [6, 6.07) is 8.05. The summed E-state index contributed by atoms with van der Waals surface area (Å²) < 4.78 is 7.12. The average Bonchev–Trinajstić information content (AvgIpc) is 2.91. The molecule has 108 valence electrons. The molecule has 0 saturated carbocycles. The lowest BCUT2D eigenvalue weighted by Crippen LogP contribution is -2.00. The topological polar surface area (TPSA) is 39.9 Å². The molecule has 2 aromatic rings. The molecular weight excluding hydrogens is 250 g/mol. The van der Waals surface area contributed by atoms with Crippen LogP contribution >= 0.6 is 0 Å². The molecule has 4 heteroatoms. The van der Waals surface area contributed by atoms with E-state index in [1.165, 1.54) is 31.2 Å². The summed E-state index contributed by atoms with van der Waals surface area (Å²) in [5.41, 5.74) is 2.26. The Kier molecular flexibility index (Phi) is 5.59. The van der Waals surface area contributed by atoms with Crippen LogP contribution in [0.2, 0.25) is 0 Å². The monoisotopic (exact) mass is 273 g/mol. The lowest BCUT2D eigenvalue weighted by Gasteiger charge is -2.03. The maximum Gasteiger partial charge on any atom is 0.119 e. The molecule has 20 heavy (non-hydrogen) atoms. The maximum absolute atomic E-state index is 5.23. The molecule has 0 aliphatic heterocycles. The quantitative estimate of drug-likeness (QED) is 0.691. The summed E-state index contributed by atoms with van der Waals surface area (Å²) in [6.45, 7) is 2.96. The average molecular weight is 273 g/mol. The van der Waals surface area contributed by atoms with Gasteiger partial charge < -0.3 is 4.74 Å². The molecule has 0 spiro atoms. The normalized spacial score (nSPS) is 10.7. The minimum absolute atomic E-state index is 0.735. The van der Waals surface area contributed by atoms with Gasteiger partial charge in [0.1, 0.15) is 5.75 Å². The van der Waals surface area contributed by atoms with Crippen LogP contribution < -0.4 is 4.74 Å². The molecule has 0 fully saturated rings. The van der Waals surface area contributed by atoms with E-state index < -0.39 is 0 Å². The number of benzene rings is 1. The van der Waals surface area contributed by atoms with Crippen molar-refractivity contribution in [3.8, 4) is 5.75 Å². The highest BCUT2D eigenvalue weighted by molar-refractivity contribution is 5.28. The molecule has 1 heterocycles. The van der Waals surface area contributed by atoms with Gasteiger partial charge in [0, 0.05) is 6.20 Å². The van der Waals surface area contributed by atoms with Gasteiger partial charge in [-0.2, -0.15) is 0 Å². The second-order valence-electron chi connectivity index (χ2n) is 5.07. The summed E-state index contributed by atoms with van der Waals surface area (Å²) in [7, 11) is 1.68. The lowest BCUT2D eigenvalue weighted by atomic mass is 10.1. The Morgan fingerprint density at radius 2 is 2.10 bits per heavy atom. The Morgan fingerprint density at radius 3 is 2.90 bits per heavy atom. The summed E-state index contributed by atoms with van der Waals surface area (Å²) in [6.07, 6.45) is 8.12. The predicted octanol–water partition coefficient (Wildman–Crippen LogP) is 3.46. The fraction of sp³-hybridized carbons (Fsp3) is 0.500. The Balaban J connectivity index is 1.88. The fourth-order valence-corrected chi connectivity index (χ4v) is 2.22. The van der Waals surface area contributed by atoms with Crippen LogP contribution in [0.3, 0.4) is 0 Å². The third kappa shape index (κ3) is 4.37. The zero-order valence-corrected chi connectivity index (χ0v) is 12.4. The highest BCUT2D eigenvalue weighted by Gasteiger charge is 2.02. The van der Waals surface area contributed by atoms with Gasteiger partial charge in [-0.15, -0.1) is 5.10 Å². The minimum Gasteiger partial charge on any atom is -0.497 e. The van der Waals surface area contributed by atoms with Gasteiger partial charge >= 0.3 is 0 Å². The highest BCUT2D eigenvalue weighted by Crippen LogP contribution is 2.13. The number of rotatable bonds is 8. The van der Waals surface area contributed by atoms with Crippen LogP contribution in [-0.4, -0.2) is 22.1 Å². The van der Waals surface area contributed by atoms with Crippen molar-refractivity contribution in [1.29, 1.82) is 0 Å². The Morgan fingerprint density at radius 1 is 1.20 bits per heavy atom. The predicted molar refractivity (Wildman–Crippen MR) is 80.0 cm³/mol. The first kappa shape index (κ1) is 14.6. The lowest BCUT2D eigenvalue weighted by molar-refractivity contribution is 0.414. The Labute approximate surface area is 120 Å². The van der Waals surface area contributed by atoms with E-state index in [0.717, 1.165) is 24.4 Å². The number of unbranched alkanes of at least 4 members (excludes halogenated alkanes) is 3. The fourth-order valence-electron chi connectivity index (χ4n) is 2.22. The maximum atomic E-state index is 5.23. The van der Waals surface area contributed by atoms with E-state index in [1.54, 1.807) is 7.11 Å². The first-order valence-electron chi connectivity index (χ1n) is 7.33. The van der Waals surface area contributed by atoms with Gasteiger partial charge in [-0.25, -0.2) is 4.68 Å². The number of aryl methyl sites for hydroxylation is 1. The highest BCUT2D eigenvalue weighted by atomic mass is 16.5.